The summed E-state index contributed by atoms with van der Waals surface area (Å²) in [5.74, 6) is -0.931. The van der Waals surface area contributed by atoms with Gasteiger partial charge in [0.2, 0.25) is 0 Å². The number of anilines is 1. The first-order valence-electron chi connectivity index (χ1n) is 5.09. The molecule has 7 heteroatoms. The Labute approximate surface area is 121 Å². The standard InChI is InChI=1S/C11H12Br2N2O3/c1-15(5-4-10(16)17)11(18)14-9-3-2-7(12)6-8(9)13/h2-3,6H,4-5H2,1H3,(H,14,18)(H,16,17). The van der Waals surface area contributed by atoms with Crippen LogP contribution in [0, 0.1) is 0 Å². The normalized spacial score (nSPS) is 9.94. The summed E-state index contributed by atoms with van der Waals surface area (Å²) in [7, 11) is 1.55. The second-order valence-corrected chi connectivity index (χ2v) is 5.39. The number of hydrogen-bond acceptors (Lipinski definition) is 2. The first-order valence-corrected chi connectivity index (χ1v) is 6.67. The van der Waals surface area contributed by atoms with E-state index in [2.05, 4.69) is 37.2 Å². The zero-order valence-corrected chi connectivity index (χ0v) is 12.8. The number of carbonyl (C=O) groups is 2. The van der Waals surface area contributed by atoms with Crippen LogP contribution >= 0.6 is 31.9 Å². The topological polar surface area (TPSA) is 69.6 Å². The third-order valence-corrected chi connectivity index (χ3v) is 3.33. The van der Waals surface area contributed by atoms with Crippen LogP contribution in [0.1, 0.15) is 6.42 Å². The largest absolute Gasteiger partial charge is 0.481 e. The fourth-order valence-electron chi connectivity index (χ4n) is 1.17. The Hall–Kier alpha value is -1.08. The van der Waals surface area contributed by atoms with Gasteiger partial charge in [0.05, 0.1) is 12.1 Å². The van der Waals surface area contributed by atoms with Crippen molar-refractivity contribution < 1.29 is 14.7 Å². The number of carboxylic acids is 1. The SMILES string of the molecule is CN(CCC(=O)O)C(=O)Nc1ccc(Br)cc1Br. The minimum atomic E-state index is -0.931. The van der Waals surface area contributed by atoms with Crippen molar-refractivity contribution in [2.75, 3.05) is 18.9 Å². The predicted octanol–water partition coefficient (Wildman–Crippen LogP) is 3.15. The number of amides is 2. The van der Waals surface area contributed by atoms with Gasteiger partial charge in [0.25, 0.3) is 0 Å². The molecule has 0 aromatic heterocycles. The number of benzene rings is 1. The average Bonchev–Trinajstić information content (AvgIpc) is 2.29. The predicted molar refractivity (Wildman–Crippen MR) is 75.7 cm³/mol. The molecule has 1 aromatic carbocycles. The van der Waals surface area contributed by atoms with Gasteiger partial charge in [-0.25, -0.2) is 4.79 Å². The summed E-state index contributed by atoms with van der Waals surface area (Å²) in [6.45, 7) is 0.162. The Morgan fingerprint density at radius 3 is 2.61 bits per heavy atom. The van der Waals surface area contributed by atoms with Crippen LogP contribution in [0.3, 0.4) is 0 Å². The second kappa shape index (κ2) is 6.75. The summed E-state index contributed by atoms with van der Waals surface area (Å²) >= 11 is 6.64. The number of nitrogens with one attached hydrogen (secondary N) is 1. The molecular formula is C11H12Br2N2O3. The van der Waals surface area contributed by atoms with Crippen LogP contribution < -0.4 is 5.32 Å². The highest BCUT2D eigenvalue weighted by molar-refractivity contribution is 9.11. The zero-order chi connectivity index (χ0) is 13.7. The van der Waals surface area contributed by atoms with Gasteiger partial charge in [0, 0.05) is 22.5 Å². The van der Waals surface area contributed by atoms with Gasteiger partial charge in [0.1, 0.15) is 0 Å². The molecule has 18 heavy (non-hydrogen) atoms. The van der Waals surface area contributed by atoms with E-state index in [1.54, 1.807) is 19.2 Å². The smallest absolute Gasteiger partial charge is 0.321 e. The third kappa shape index (κ3) is 4.66. The average molecular weight is 380 g/mol. The van der Waals surface area contributed by atoms with Gasteiger partial charge >= 0.3 is 12.0 Å². The van der Waals surface area contributed by atoms with Gasteiger partial charge < -0.3 is 15.3 Å². The Morgan fingerprint density at radius 2 is 2.06 bits per heavy atom. The maximum atomic E-state index is 11.8. The lowest BCUT2D eigenvalue weighted by atomic mass is 10.3. The Bertz CT molecular complexity index is 466. The van der Waals surface area contributed by atoms with Gasteiger partial charge in [-0.15, -0.1) is 0 Å². The summed E-state index contributed by atoms with van der Waals surface area (Å²) in [4.78, 5) is 23.5. The molecule has 1 rings (SSSR count). The molecule has 98 valence electrons. The first kappa shape index (κ1) is 15.0. The van der Waals surface area contributed by atoms with Gasteiger partial charge in [-0.1, -0.05) is 15.9 Å². The van der Waals surface area contributed by atoms with Crippen molar-refractivity contribution in [1.82, 2.24) is 4.90 Å². The quantitative estimate of drug-likeness (QED) is 0.844. The maximum absolute atomic E-state index is 11.8. The Balaban J connectivity index is 2.61. The molecule has 0 saturated heterocycles. The van der Waals surface area contributed by atoms with E-state index in [0.717, 1.165) is 8.95 Å². The summed E-state index contributed by atoms with van der Waals surface area (Å²) in [6.07, 6.45) is -0.0779. The van der Waals surface area contributed by atoms with Crippen LogP contribution in [-0.2, 0) is 4.79 Å². The summed E-state index contributed by atoms with van der Waals surface area (Å²) in [5, 5.41) is 11.2. The van der Waals surface area contributed by atoms with Gasteiger partial charge in [-0.2, -0.15) is 0 Å². The van der Waals surface area contributed by atoms with Crippen LogP contribution in [-0.4, -0.2) is 35.6 Å². The number of carboxylic acid groups (broad SMARTS) is 1. The van der Waals surface area contributed by atoms with Crippen molar-refractivity contribution in [2.45, 2.75) is 6.42 Å². The number of halogens is 2. The number of rotatable bonds is 4. The van der Waals surface area contributed by atoms with E-state index in [1.807, 2.05) is 6.07 Å². The van der Waals surface area contributed by atoms with Gasteiger partial charge in [0.15, 0.2) is 0 Å². The number of hydrogen-bond donors (Lipinski definition) is 2. The molecule has 0 fully saturated rings. The highest BCUT2D eigenvalue weighted by Crippen LogP contribution is 2.26. The molecule has 0 aliphatic rings. The number of urea groups is 1. The highest BCUT2D eigenvalue weighted by atomic mass is 79.9. The molecule has 0 heterocycles. The minimum Gasteiger partial charge on any atom is -0.481 e. The van der Waals surface area contributed by atoms with Gasteiger partial charge in [-0.05, 0) is 34.1 Å². The molecule has 0 saturated carbocycles. The van der Waals surface area contributed by atoms with E-state index in [0.29, 0.717) is 5.69 Å². The molecule has 1 aromatic rings. The lowest BCUT2D eigenvalue weighted by molar-refractivity contribution is -0.137. The summed E-state index contributed by atoms with van der Waals surface area (Å²) in [6, 6.07) is 5.01. The van der Waals surface area contributed by atoms with Crippen LogP contribution in [0.5, 0.6) is 0 Å². The van der Waals surface area contributed by atoms with Crippen molar-refractivity contribution in [3.63, 3.8) is 0 Å². The lowest BCUT2D eigenvalue weighted by Gasteiger charge is -2.17. The van der Waals surface area contributed by atoms with Crippen molar-refractivity contribution in [2.24, 2.45) is 0 Å². The first-order chi connectivity index (χ1) is 8.40. The number of aliphatic carboxylic acids is 1. The fourth-order valence-corrected chi connectivity index (χ4v) is 2.31. The van der Waals surface area contributed by atoms with Crippen molar-refractivity contribution in [3.8, 4) is 0 Å². The molecule has 2 N–H and O–H groups in total. The molecule has 5 nitrogen and oxygen atoms in total. The van der Waals surface area contributed by atoms with Crippen LogP contribution in [0.15, 0.2) is 27.1 Å². The molecule has 0 bridgehead atoms. The third-order valence-electron chi connectivity index (χ3n) is 2.18. The van der Waals surface area contributed by atoms with E-state index in [1.165, 1.54) is 4.90 Å². The summed E-state index contributed by atoms with van der Waals surface area (Å²) in [5.41, 5.74) is 0.630. The van der Waals surface area contributed by atoms with E-state index in [4.69, 9.17) is 5.11 Å². The van der Waals surface area contributed by atoms with E-state index in [9.17, 15) is 9.59 Å². The monoisotopic (exact) mass is 378 g/mol. The molecule has 0 spiro atoms. The molecule has 2 amide bonds. The lowest BCUT2D eigenvalue weighted by Crippen LogP contribution is -2.33. The zero-order valence-electron chi connectivity index (χ0n) is 9.61. The van der Waals surface area contributed by atoms with E-state index >= 15 is 0 Å². The van der Waals surface area contributed by atoms with Crippen LogP contribution in [0.4, 0.5) is 10.5 Å². The fraction of sp³-hybridized carbons (Fsp3) is 0.273. The second-order valence-electron chi connectivity index (χ2n) is 3.62. The Morgan fingerprint density at radius 1 is 1.39 bits per heavy atom. The molecule has 0 atom stereocenters. The minimum absolute atomic E-state index is 0.0779. The highest BCUT2D eigenvalue weighted by Gasteiger charge is 2.11. The molecular weight excluding hydrogens is 368 g/mol. The molecule has 0 aliphatic heterocycles. The molecule has 0 unspecified atom stereocenters. The molecule has 0 radical (unpaired) electrons. The maximum Gasteiger partial charge on any atom is 0.321 e. The number of carbonyl (C=O) groups excluding carboxylic acids is 1. The van der Waals surface area contributed by atoms with Crippen molar-refractivity contribution in [3.05, 3.63) is 27.1 Å². The molecule has 0 aliphatic carbocycles. The summed E-state index contributed by atoms with van der Waals surface area (Å²) < 4.78 is 1.64. The van der Waals surface area contributed by atoms with Gasteiger partial charge in [-0.3, -0.25) is 4.79 Å². The number of nitrogens with zero attached hydrogens (tertiary/aromatic N) is 1. The van der Waals surface area contributed by atoms with Crippen molar-refractivity contribution in [1.29, 1.82) is 0 Å². The van der Waals surface area contributed by atoms with E-state index in [-0.39, 0.29) is 19.0 Å². The van der Waals surface area contributed by atoms with Crippen LogP contribution in [0.2, 0.25) is 0 Å². The van der Waals surface area contributed by atoms with Crippen molar-refractivity contribution >= 4 is 49.5 Å². The van der Waals surface area contributed by atoms with E-state index < -0.39 is 5.97 Å². The Kier molecular flexibility index (Phi) is 5.61. The van der Waals surface area contributed by atoms with Crippen LogP contribution in [0.25, 0.3) is 0 Å².